The average Bonchev–Trinajstić information content (AvgIpc) is 3.75. The lowest BCUT2D eigenvalue weighted by molar-refractivity contribution is 0.434. The second-order valence-electron chi connectivity index (χ2n) is 14.7. The zero-order valence-corrected chi connectivity index (χ0v) is 31.8. The van der Waals surface area contributed by atoms with E-state index >= 15 is 0 Å². The minimum absolute atomic E-state index is 0.0687. The van der Waals surface area contributed by atoms with Gasteiger partial charge in [-0.05, 0) is 67.2 Å². The van der Waals surface area contributed by atoms with Crippen LogP contribution in [0.15, 0.2) is 224 Å². The minimum Gasteiger partial charge on any atom is -0.457 e. The van der Waals surface area contributed by atoms with Crippen molar-refractivity contribution >= 4 is 50.6 Å². The van der Waals surface area contributed by atoms with Crippen LogP contribution in [0.3, 0.4) is 0 Å². The molecule has 272 valence electrons. The van der Waals surface area contributed by atoms with Gasteiger partial charge in [0.25, 0.3) is 0 Å². The first-order valence-electron chi connectivity index (χ1n) is 25.1. The second-order valence-corrected chi connectivity index (χ2v) is 18.5. The van der Waals surface area contributed by atoms with Crippen LogP contribution in [0.2, 0.25) is 0 Å². The van der Waals surface area contributed by atoms with Crippen molar-refractivity contribution in [1.29, 1.82) is 0 Å². The van der Waals surface area contributed by atoms with Crippen LogP contribution in [0, 0.1) is 0 Å². The first-order chi connectivity index (χ1) is 33.8. The number of hydrogen-bond acceptors (Lipinski definition) is 1. The summed E-state index contributed by atoms with van der Waals surface area (Å²) in [6.07, 6.45) is 0. The molecule has 0 unspecified atom stereocenters. The van der Waals surface area contributed by atoms with Gasteiger partial charge in [0.15, 0.2) is 8.07 Å². The van der Waals surface area contributed by atoms with Gasteiger partial charge in [-0.25, -0.2) is 0 Å². The summed E-state index contributed by atoms with van der Waals surface area (Å²) in [5.41, 5.74) is 2.43. The third kappa shape index (κ3) is 4.42. The fourth-order valence-corrected chi connectivity index (χ4v) is 14.5. The molecule has 0 N–H and O–H groups in total. The monoisotopic (exact) mass is 767 g/mol. The van der Waals surface area contributed by atoms with E-state index in [4.69, 9.17) is 14.3 Å². The Kier molecular flexibility index (Phi) is 5.05. The normalized spacial score (nSPS) is 16.3. The van der Waals surface area contributed by atoms with Crippen LogP contribution < -0.4 is 25.5 Å². The molecule has 2 aliphatic heterocycles. The van der Waals surface area contributed by atoms with E-state index in [1.807, 2.05) is 109 Å². The van der Waals surface area contributed by atoms with Crippen LogP contribution in [-0.4, -0.2) is 12.6 Å². The molecule has 12 rings (SSSR count). The van der Waals surface area contributed by atoms with Crippen molar-refractivity contribution in [2.24, 2.45) is 0 Å². The van der Waals surface area contributed by atoms with Crippen molar-refractivity contribution in [3.63, 3.8) is 0 Å². The summed E-state index contributed by atoms with van der Waals surface area (Å²) < 4.78 is 118. The Morgan fingerprint density at radius 1 is 0.431 bits per heavy atom. The zero-order valence-electron chi connectivity index (χ0n) is 42.8. The van der Waals surface area contributed by atoms with Gasteiger partial charge in [0.2, 0.25) is 0 Å². The maximum absolute atomic E-state index is 9.95. The molecule has 0 aliphatic carbocycles. The van der Waals surface area contributed by atoms with Crippen molar-refractivity contribution in [2.75, 3.05) is 0 Å². The lowest BCUT2D eigenvalue weighted by atomic mass is 9.62. The number of ether oxygens (including phenoxy) is 1. The maximum atomic E-state index is 9.95. The molecule has 0 bridgehead atoms. The summed E-state index contributed by atoms with van der Waals surface area (Å²) >= 11 is 0. The van der Waals surface area contributed by atoms with E-state index in [1.165, 1.54) is 0 Å². The summed E-state index contributed by atoms with van der Waals surface area (Å²) in [5, 5.41) is 3.78. The Balaban J connectivity index is 1.31. The predicted molar refractivity (Wildman–Crippen MR) is 242 cm³/mol. The maximum Gasteiger partial charge on any atom is 0.179 e. The highest BCUT2D eigenvalue weighted by Crippen LogP contribution is 2.60. The van der Waals surface area contributed by atoms with E-state index in [0.29, 0.717) is 50.5 Å². The van der Waals surface area contributed by atoms with Gasteiger partial charge in [-0.1, -0.05) is 200 Å². The van der Waals surface area contributed by atoms with Gasteiger partial charge in [-0.2, -0.15) is 0 Å². The molecule has 1 aromatic heterocycles. The van der Waals surface area contributed by atoms with E-state index in [9.17, 15) is 6.85 Å². The van der Waals surface area contributed by atoms with E-state index in [-0.39, 0.29) is 64.1 Å². The second kappa shape index (κ2) is 12.7. The van der Waals surface area contributed by atoms with Gasteiger partial charge in [-0.3, -0.25) is 0 Å². The Hall–Kier alpha value is -7.20. The number of hydrogen-bond donors (Lipinski definition) is 0. The van der Waals surface area contributed by atoms with E-state index in [2.05, 4.69) is 36.4 Å². The summed E-state index contributed by atoms with van der Waals surface area (Å²) in [5.74, 6) is 1.03. The minimum atomic E-state index is -3.64. The smallest absolute Gasteiger partial charge is 0.179 e. The van der Waals surface area contributed by atoms with Crippen LogP contribution in [-0.2, 0) is 5.41 Å². The molecule has 0 saturated carbocycles. The fraction of sp³-hybridized carbons (Fsp3) is 0.0182. The Morgan fingerprint density at radius 3 is 1.76 bits per heavy atom. The lowest BCUT2D eigenvalue weighted by Crippen LogP contribution is -2.74. The van der Waals surface area contributed by atoms with Gasteiger partial charge in [0, 0.05) is 21.9 Å². The van der Waals surface area contributed by atoms with Gasteiger partial charge in [0.05, 0.1) is 38.6 Å². The molecule has 10 aromatic rings. The molecule has 1 spiro atoms. The Labute approximate surface area is 355 Å². The molecule has 0 radical (unpaired) electrons. The standard InChI is InChI=1S/C55H37NOSi/c1-4-18-38(19-5-1)39-20-16-25-42(36-39)58(40-21-6-2-7-22-40,41-23-8-3-9-24-41)43-34-35-46-51(37-43)56-50-31-13-10-26-44(50)45-27-17-30-49(54(45)56)55(46)47-28-11-14-32-52(47)57-53-33-15-12-29-48(53)55/h1-37H/i1D,4D,5D,10D,13D,17D,18D,19D,26D,27D,30D,31D. The topological polar surface area (TPSA) is 14.2 Å². The van der Waals surface area contributed by atoms with Crippen molar-refractivity contribution in [1.82, 2.24) is 4.57 Å². The predicted octanol–water partition coefficient (Wildman–Crippen LogP) is 10.6. The van der Waals surface area contributed by atoms with Crippen LogP contribution in [0.25, 0.3) is 38.6 Å². The first-order valence-corrected chi connectivity index (χ1v) is 21.1. The number of para-hydroxylation sites is 4. The number of aromatic nitrogens is 1. The molecule has 3 heterocycles. The molecular formula is C55H37NOSi. The highest BCUT2D eigenvalue weighted by atomic mass is 28.3. The van der Waals surface area contributed by atoms with Crippen molar-refractivity contribution in [3.05, 3.63) is 246 Å². The molecule has 58 heavy (non-hydrogen) atoms. The molecule has 3 heteroatoms. The highest BCUT2D eigenvalue weighted by molar-refractivity contribution is 7.20. The summed E-state index contributed by atoms with van der Waals surface area (Å²) in [6, 6.07) is 44.3. The van der Waals surface area contributed by atoms with Crippen molar-refractivity contribution in [2.45, 2.75) is 5.41 Å². The largest absolute Gasteiger partial charge is 0.457 e. The van der Waals surface area contributed by atoms with Gasteiger partial charge in [-0.15, -0.1) is 0 Å². The van der Waals surface area contributed by atoms with Gasteiger partial charge < -0.3 is 9.30 Å². The zero-order chi connectivity index (χ0) is 48.7. The van der Waals surface area contributed by atoms with Crippen LogP contribution in [0.5, 0.6) is 11.5 Å². The molecular weight excluding hydrogens is 719 g/mol. The Bertz CT molecular complexity index is 3800. The SMILES string of the molecule is [2H]c1c([2H])c([2H])c(-c2cccc([Si](c3ccccc3)(c3ccccc3)c3ccc4c(c3)-n3c5c([2H])c([2H])c([2H])c([2H])c5c5c([2H])c([2H])c([2H])c(c53)C43c4ccccc4Oc4ccccc43)c2)c([2H])c1[2H]. The quantitative estimate of drug-likeness (QED) is 0.126. The number of rotatable bonds is 5. The van der Waals surface area contributed by atoms with E-state index < -0.39 is 43.7 Å². The third-order valence-corrected chi connectivity index (χ3v) is 16.7. The molecule has 0 fully saturated rings. The number of nitrogens with zero attached hydrogens (tertiary/aromatic N) is 1. The van der Waals surface area contributed by atoms with Gasteiger partial charge in [0.1, 0.15) is 11.5 Å². The molecule has 0 saturated heterocycles. The Morgan fingerprint density at radius 2 is 1.03 bits per heavy atom. The first kappa shape index (κ1) is 23.1. The molecule has 2 aliphatic rings. The van der Waals surface area contributed by atoms with E-state index in [0.717, 1.165) is 20.7 Å². The molecule has 0 atom stereocenters. The van der Waals surface area contributed by atoms with Crippen molar-refractivity contribution in [3.8, 4) is 28.3 Å². The van der Waals surface area contributed by atoms with Gasteiger partial charge >= 0.3 is 0 Å². The number of fused-ring (bicyclic) bond motifs is 11. The highest BCUT2D eigenvalue weighted by Gasteiger charge is 2.51. The molecule has 9 aromatic carbocycles. The van der Waals surface area contributed by atoms with Crippen LogP contribution >= 0.6 is 0 Å². The van der Waals surface area contributed by atoms with Crippen molar-refractivity contribution < 1.29 is 21.2 Å². The summed E-state index contributed by atoms with van der Waals surface area (Å²) in [4.78, 5) is 0. The van der Waals surface area contributed by atoms with E-state index in [1.54, 1.807) is 10.6 Å². The van der Waals surface area contributed by atoms with Crippen LogP contribution in [0.4, 0.5) is 0 Å². The van der Waals surface area contributed by atoms with Crippen LogP contribution in [0.1, 0.15) is 38.7 Å². The third-order valence-electron chi connectivity index (χ3n) is 12.0. The fourth-order valence-electron chi connectivity index (χ4n) is 9.72. The lowest BCUT2D eigenvalue weighted by Gasteiger charge is -2.45. The molecule has 2 nitrogen and oxygen atoms in total. The number of benzene rings is 9. The average molecular weight is 768 g/mol. The molecule has 0 amide bonds. The summed E-state index contributed by atoms with van der Waals surface area (Å²) in [7, 11) is -3.64. The summed E-state index contributed by atoms with van der Waals surface area (Å²) in [6.45, 7) is 0.